The van der Waals surface area contributed by atoms with Crippen LogP contribution in [0.3, 0.4) is 0 Å². The first kappa shape index (κ1) is 13.7. The van der Waals surface area contributed by atoms with Crippen molar-refractivity contribution < 1.29 is 4.39 Å². The number of benzene rings is 1. The van der Waals surface area contributed by atoms with Crippen LogP contribution in [-0.4, -0.2) is 36.1 Å². The molecule has 3 aliphatic rings. The van der Waals surface area contributed by atoms with E-state index >= 15 is 0 Å². The highest BCUT2D eigenvalue weighted by Gasteiger charge is 2.35. The van der Waals surface area contributed by atoms with E-state index in [0.29, 0.717) is 18.0 Å². The van der Waals surface area contributed by atoms with Gasteiger partial charge in [-0.3, -0.25) is 0 Å². The summed E-state index contributed by atoms with van der Waals surface area (Å²) in [7, 11) is 0. The maximum atomic E-state index is 13.7. The van der Waals surface area contributed by atoms with Crippen molar-refractivity contribution in [3.63, 3.8) is 0 Å². The Hall–Kier alpha value is -0.930. The van der Waals surface area contributed by atoms with Gasteiger partial charge >= 0.3 is 0 Å². The van der Waals surface area contributed by atoms with Crippen molar-refractivity contribution in [3.05, 3.63) is 35.6 Å². The van der Waals surface area contributed by atoms with Gasteiger partial charge in [0.1, 0.15) is 5.82 Å². The molecular formula is C18H25FN2. The van der Waals surface area contributed by atoms with Crippen LogP contribution < -0.4 is 5.32 Å². The van der Waals surface area contributed by atoms with Crippen LogP contribution in [0.4, 0.5) is 4.39 Å². The number of nitrogens with zero attached hydrogens (tertiary/aromatic N) is 1. The van der Waals surface area contributed by atoms with Crippen LogP contribution in [0.25, 0.3) is 0 Å². The van der Waals surface area contributed by atoms with Gasteiger partial charge in [0.25, 0.3) is 0 Å². The molecule has 0 spiro atoms. The average Bonchev–Trinajstić information content (AvgIpc) is 3.29. The van der Waals surface area contributed by atoms with Gasteiger partial charge in [0.2, 0.25) is 0 Å². The molecule has 3 fully saturated rings. The molecule has 0 atom stereocenters. The summed E-state index contributed by atoms with van der Waals surface area (Å²) in [5.74, 6) is 0.397. The Morgan fingerprint density at radius 3 is 2.33 bits per heavy atom. The van der Waals surface area contributed by atoms with Crippen molar-refractivity contribution in [3.8, 4) is 0 Å². The van der Waals surface area contributed by atoms with E-state index in [2.05, 4.69) is 10.2 Å². The number of rotatable bonds is 4. The average molecular weight is 288 g/mol. The highest BCUT2D eigenvalue weighted by molar-refractivity contribution is 5.24. The molecule has 0 unspecified atom stereocenters. The highest BCUT2D eigenvalue weighted by Crippen LogP contribution is 2.38. The van der Waals surface area contributed by atoms with Crippen molar-refractivity contribution in [2.75, 3.05) is 13.1 Å². The van der Waals surface area contributed by atoms with E-state index in [-0.39, 0.29) is 5.82 Å². The lowest BCUT2D eigenvalue weighted by atomic mass is 9.75. The first-order valence-corrected chi connectivity index (χ1v) is 8.54. The normalized spacial score (nSPS) is 31.1. The molecule has 1 saturated heterocycles. The SMILES string of the molecule is Fc1ccccc1C1CC(NC2CCN(C3CC3)CC2)C1. The third kappa shape index (κ3) is 3.00. The summed E-state index contributed by atoms with van der Waals surface area (Å²) in [6.07, 6.45) is 7.62. The van der Waals surface area contributed by atoms with Crippen LogP contribution in [0.2, 0.25) is 0 Å². The monoisotopic (exact) mass is 288 g/mol. The molecule has 1 aromatic carbocycles. The van der Waals surface area contributed by atoms with Gasteiger partial charge in [-0.2, -0.15) is 0 Å². The van der Waals surface area contributed by atoms with Gasteiger partial charge in [0.05, 0.1) is 0 Å². The van der Waals surface area contributed by atoms with Crippen LogP contribution in [-0.2, 0) is 0 Å². The van der Waals surface area contributed by atoms with Crippen LogP contribution in [0.1, 0.15) is 50.0 Å². The molecule has 0 amide bonds. The second-order valence-corrected chi connectivity index (χ2v) is 7.09. The third-order valence-electron chi connectivity index (χ3n) is 5.55. The molecular weight excluding hydrogens is 263 g/mol. The van der Waals surface area contributed by atoms with E-state index in [1.807, 2.05) is 12.1 Å². The number of likely N-dealkylation sites (tertiary alicyclic amines) is 1. The Balaban J connectivity index is 1.23. The predicted octanol–water partition coefficient (Wildman–Crippen LogP) is 3.29. The molecule has 21 heavy (non-hydrogen) atoms. The summed E-state index contributed by atoms with van der Waals surface area (Å²) in [5, 5.41) is 3.81. The van der Waals surface area contributed by atoms with Crippen LogP contribution in [0.15, 0.2) is 24.3 Å². The standard InChI is InChI=1S/C18H25FN2/c19-18-4-2-1-3-17(18)13-11-15(12-13)20-14-7-9-21(10-8-14)16-5-6-16/h1-4,13-16,20H,5-12H2. The topological polar surface area (TPSA) is 15.3 Å². The fraction of sp³-hybridized carbons (Fsp3) is 0.667. The molecule has 0 bridgehead atoms. The number of hydrogen-bond donors (Lipinski definition) is 1. The molecule has 1 N–H and O–H groups in total. The largest absolute Gasteiger partial charge is 0.311 e. The highest BCUT2D eigenvalue weighted by atomic mass is 19.1. The molecule has 114 valence electrons. The number of nitrogens with one attached hydrogen (secondary N) is 1. The molecule has 2 aliphatic carbocycles. The fourth-order valence-electron chi connectivity index (χ4n) is 4.02. The Bertz CT molecular complexity index is 486. The molecule has 1 aromatic rings. The lowest BCUT2D eigenvalue weighted by molar-refractivity contribution is 0.164. The van der Waals surface area contributed by atoms with E-state index in [1.54, 1.807) is 12.1 Å². The van der Waals surface area contributed by atoms with Gasteiger partial charge in [0, 0.05) is 18.1 Å². The second-order valence-electron chi connectivity index (χ2n) is 7.09. The lowest BCUT2D eigenvalue weighted by Crippen LogP contribution is -2.50. The van der Waals surface area contributed by atoms with Gasteiger partial charge in [-0.15, -0.1) is 0 Å². The summed E-state index contributed by atoms with van der Waals surface area (Å²) in [5.41, 5.74) is 0.916. The zero-order chi connectivity index (χ0) is 14.2. The Labute approximate surface area is 126 Å². The molecule has 1 aliphatic heterocycles. The van der Waals surface area contributed by atoms with Gasteiger partial charge in [-0.05, 0) is 69.2 Å². The molecule has 4 rings (SSSR count). The van der Waals surface area contributed by atoms with E-state index in [0.717, 1.165) is 24.4 Å². The first-order valence-electron chi connectivity index (χ1n) is 8.54. The summed E-state index contributed by atoms with van der Waals surface area (Å²) < 4.78 is 13.7. The predicted molar refractivity (Wildman–Crippen MR) is 82.9 cm³/mol. The van der Waals surface area contributed by atoms with Crippen molar-refractivity contribution in [1.82, 2.24) is 10.2 Å². The zero-order valence-electron chi connectivity index (χ0n) is 12.6. The Kier molecular flexibility index (Phi) is 3.72. The van der Waals surface area contributed by atoms with Gasteiger partial charge in [0.15, 0.2) is 0 Å². The van der Waals surface area contributed by atoms with Crippen LogP contribution in [0, 0.1) is 5.82 Å². The molecule has 3 heteroatoms. The quantitative estimate of drug-likeness (QED) is 0.914. The molecule has 2 nitrogen and oxygen atoms in total. The minimum Gasteiger partial charge on any atom is -0.311 e. The molecule has 1 heterocycles. The third-order valence-corrected chi connectivity index (χ3v) is 5.55. The van der Waals surface area contributed by atoms with E-state index in [9.17, 15) is 4.39 Å². The maximum absolute atomic E-state index is 13.7. The van der Waals surface area contributed by atoms with E-state index in [1.165, 1.54) is 38.8 Å². The second kappa shape index (κ2) is 5.69. The zero-order valence-corrected chi connectivity index (χ0v) is 12.6. The Morgan fingerprint density at radius 1 is 0.952 bits per heavy atom. The summed E-state index contributed by atoms with van der Waals surface area (Å²) >= 11 is 0. The number of halogens is 1. The van der Waals surface area contributed by atoms with Crippen LogP contribution >= 0.6 is 0 Å². The molecule has 0 aromatic heterocycles. The number of hydrogen-bond acceptors (Lipinski definition) is 2. The molecule has 0 radical (unpaired) electrons. The van der Waals surface area contributed by atoms with Crippen molar-refractivity contribution in [2.45, 2.75) is 62.6 Å². The fourth-order valence-corrected chi connectivity index (χ4v) is 4.02. The maximum Gasteiger partial charge on any atom is 0.126 e. The van der Waals surface area contributed by atoms with E-state index < -0.39 is 0 Å². The van der Waals surface area contributed by atoms with Crippen molar-refractivity contribution in [2.24, 2.45) is 0 Å². The van der Waals surface area contributed by atoms with Crippen molar-refractivity contribution >= 4 is 0 Å². The van der Waals surface area contributed by atoms with Crippen molar-refractivity contribution in [1.29, 1.82) is 0 Å². The minimum atomic E-state index is -0.0290. The van der Waals surface area contributed by atoms with Gasteiger partial charge in [-0.1, -0.05) is 18.2 Å². The Morgan fingerprint density at radius 2 is 1.67 bits per heavy atom. The number of piperidine rings is 1. The van der Waals surface area contributed by atoms with Gasteiger partial charge in [-0.25, -0.2) is 4.39 Å². The minimum absolute atomic E-state index is 0.0290. The summed E-state index contributed by atoms with van der Waals surface area (Å²) in [4.78, 5) is 2.67. The molecule has 2 saturated carbocycles. The van der Waals surface area contributed by atoms with Crippen LogP contribution in [0.5, 0.6) is 0 Å². The first-order chi connectivity index (χ1) is 10.3. The van der Waals surface area contributed by atoms with Gasteiger partial charge < -0.3 is 10.2 Å². The summed E-state index contributed by atoms with van der Waals surface area (Å²) in [6, 6.07) is 9.47. The lowest BCUT2D eigenvalue weighted by Gasteiger charge is -2.41. The smallest absolute Gasteiger partial charge is 0.126 e. The summed E-state index contributed by atoms with van der Waals surface area (Å²) in [6.45, 7) is 2.54. The van der Waals surface area contributed by atoms with E-state index in [4.69, 9.17) is 0 Å².